The summed E-state index contributed by atoms with van der Waals surface area (Å²) < 4.78 is 17.5. The zero-order chi connectivity index (χ0) is 24.1. The Bertz CT molecular complexity index is 1470. The molecule has 0 bridgehead atoms. The van der Waals surface area contributed by atoms with Crippen molar-refractivity contribution in [2.24, 2.45) is 7.05 Å². The third kappa shape index (κ3) is 3.74. The maximum absolute atomic E-state index is 14.6. The van der Waals surface area contributed by atoms with Gasteiger partial charge in [0.25, 0.3) is 0 Å². The summed E-state index contributed by atoms with van der Waals surface area (Å²) in [6.45, 7) is 7.22. The molecule has 2 atom stereocenters. The Balaban J connectivity index is 1.63. The SMILES string of the molecule is CC(=O)n1nc(Nc2cc(F)c3nn(C)cc3c2)c2c(C#N)cc(N3C[C@H](C)N[C@@H](C)C3)cc21. The molecule has 1 aliphatic rings. The molecular weight excluding hydrogens is 435 g/mol. The van der Waals surface area contributed by atoms with Crippen LogP contribution in [-0.2, 0) is 7.05 Å². The lowest BCUT2D eigenvalue weighted by Crippen LogP contribution is -2.54. The number of rotatable bonds is 3. The van der Waals surface area contributed by atoms with Crippen LogP contribution < -0.4 is 15.5 Å². The van der Waals surface area contributed by atoms with Gasteiger partial charge in [-0.1, -0.05) is 0 Å². The average Bonchev–Trinajstić information content (AvgIpc) is 3.33. The number of aromatic nitrogens is 4. The molecule has 2 N–H and O–H groups in total. The van der Waals surface area contributed by atoms with Crippen LogP contribution in [0.1, 0.15) is 31.1 Å². The topological polar surface area (TPSA) is 104 Å². The molecule has 5 rings (SSSR count). The molecule has 0 unspecified atom stereocenters. The molecule has 9 nitrogen and oxygen atoms in total. The number of benzene rings is 2. The molecule has 1 fully saturated rings. The van der Waals surface area contributed by atoms with Crippen LogP contribution in [0, 0.1) is 17.1 Å². The number of fused-ring (bicyclic) bond motifs is 2. The number of halogens is 1. The molecule has 0 saturated carbocycles. The fourth-order valence-electron chi connectivity index (χ4n) is 4.79. The van der Waals surface area contributed by atoms with Gasteiger partial charge in [-0.2, -0.15) is 15.0 Å². The third-order valence-corrected chi connectivity index (χ3v) is 6.05. The Morgan fingerprint density at radius 2 is 1.94 bits per heavy atom. The van der Waals surface area contributed by atoms with Crippen LogP contribution in [-0.4, -0.2) is 50.6 Å². The van der Waals surface area contributed by atoms with Crippen molar-refractivity contribution in [3.05, 3.63) is 41.8 Å². The average molecular weight is 461 g/mol. The van der Waals surface area contributed by atoms with E-state index in [1.807, 2.05) is 12.1 Å². The minimum absolute atomic E-state index is 0.272. The van der Waals surface area contributed by atoms with Crippen molar-refractivity contribution in [1.82, 2.24) is 24.9 Å². The van der Waals surface area contributed by atoms with E-state index in [9.17, 15) is 14.4 Å². The molecule has 174 valence electrons. The maximum Gasteiger partial charge on any atom is 0.244 e. The van der Waals surface area contributed by atoms with Crippen LogP contribution in [0.2, 0.25) is 0 Å². The van der Waals surface area contributed by atoms with Crippen molar-refractivity contribution >= 4 is 44.9 Å². The minimum atomic E-state index is -0.472. The first-order chi connectivity index (χ1) is 16.2. The Morgan fingerprint density at radius 1 is 1.21 bits per heavy atom. The van der Waals surface area contributed by atoms with Gasteiger partial charge in [0, 0.05) is 62.1 Å². The first-order valence-electron chi connectivity index (χ1n) is 11.1. The lowest BCUT2D eigenvalue weighted by atomic mass is 10.1. The van der Waals surface area contributed by atoms with Crippen LogP contribution in [0.25, 0.3) is 21.8 Å². The summed E-state index contributed by atoms with van der Waals surface area (Å²) in [5, 5.41) is 26.3. The minimum Gasteiger partial charge on any atom is -0.368 e. The van der Waals surface area contributed by atoms with Crippen LogP contribution >= 0.6 is 0 Å². The Morgan fingerprint density at radius 3 is 2.62 bits per heavy atom. The van der Waals surface area contributed by atoms with Crippen molar-refractivity contribution in [2.45, 2.75) is 32.9 Å². The van der Waals surface area contributed by atoms with Gasteiger partial charge in [-0.3, -0.25) is 9.48 Å². The van der Waals surface area contributed by atoms with Gasteiger partial charge in [0.15, 0.2) is 11.6 Å². The van der Waals surface area contributed by atoms with E-state index >= 15 is 0 Å². The molecule has 2 aromatic carbocycles. The van der Waals surface area contributed by atoms with Gasteiger partial charge in [-0.05, 0) is 38.1 Å². The van der Waals surface area contributed by atoms with Crippen LogP contribution in [0.4, 0.5) is 21.6 Å². The standard InChI is InChI=1S/C24H25FN8O/c1-13-10-32(11-14(2)27-13)19-6-16(9-26)22-21(8-19)33(15(3)34)30-24(22)28-18-5-17-12-31(4)29-23(17)20(25)7-18/h5-8,12-14,27H,10-11H2,1-4H3,(H,28,30)/t13-,14-/m0/s1. The Labute approximate surface area is 195 Å². The van der Waals surface area contributed by atoms with E-state index in [2.05, 4.69) is 45.6 Å². The van der Waals surface area contributed by atoms with Gasteiger partial charge < -0.3 is 15.5 Å². The van der Waals surface area contributed by atoms with E-state index < -0.39 is 5.82 Å². The molecule has 1 saturated heterocycles. The number of carbonyl (C=O) groups is 1. The Hall–Kier alpha value is -3.97. The number of anilines is 3. The molecule has 4 aromatic rings. The third-order valence-electron chi connectivity index (χ3n) is 6.05. The second kappa shape index (κ2) is 8.11. The van der Waals surface area contributed by atoms with Gasteiger partial charge >= 0.3 is 0 Å². The first-order valence-corrected chi connectivity index (χ1v) is 11.1. The lowest BCUT2D eigenvalue weighted by molar-refractivity contribution is 0.0927. The second-order valence-corrected chi connectivity index (χ2v) is 8.98. The van der Waals surface area contributed by atoms with Crippen LogP contribution in [0.15, 0.2) is 30.5 Å². The number of nitrogens with one attached hydrogen (secondary N) is 2. The summed E-state index contributed by atoms with van der Waals surface area (Å²) in [6.07, 6.45) is 1.72. The molecule has 0 aliphatic carbocycles. The predicted octanol–water partition coefficient (Wildman–Crippen LogP) is 3.52. The van der Waals surface area contributed by atoms with Crippen molar-refractivity contribution in [3.63, 3.8) is 0 Å². The number of hydrogen-bond donors (Lipinski definition) is 2. The largest absolute Gasteiger partial charge is 0.368 e. The number of carbonyl (C=O) groups excluding carboxylic acids is 1. The summed E-state index contributed by atoms with van der Waals surface area (Å²) >= 11 is 0. The highest BCUT2D eigenvalue weighted by Gasteiger charge is 2.25. The van der Waals surface area contributed by atoms with Crippen molar-refractivity contribution < 1.29 is 9.18 Å². The normalized spacial score (nSPS) is 18.4. The van der Waals surface area contributed by atoms with Crippen molar-refractivity contribution in [2.75, 3.05) is 23.3 Å². The maximum atomic E-state index is 14.6. The van der Waals surface area contributed by atoms with E-state index in [0.29, 0.717) is 33.4 Å². The molecule has 2 aromatic heterocycles. The molecule has 3 heterocycles. The predicted molar refractivity (Wildman–Crippen MR) is 129 cm³/mol. The number of nitrogens with zero attached hydrogens (tertiary/aromatic N) is 6. The van der Waals surface area contributed by atoms with Gasteiger partial charge in [-0.15, -0.1) is 5.10 Å². The monoisotopic (exact) mass is 460 g/mol. The van der Waals surface area contributed by atoms with Crippen molar-refractivity contribution in [3.8, 4) is 6.07 Å². The molecule has 1 aliphatic heterocycles. The lowest BCUT2D eigenvalue weighted by Gasteiger charge is -2.37. The summed E-state index contributed by atoms with van der Waals surface area (Å²) in [6, 6.07) is 9.65. The van der Waals surface area contributed by atoms with Crippen molar-refractivity contribution in [1.29, 1.82) is 5.26 Å². The highest BCUT2D eigenvalue weighted by molar-refractivity contribution is 6.03. The summed E-state index contributed by atoms with van der Waals surface area (Å²) in [4.78, 5) is 14.7. The zero-order valence-corrected chi connectivity index (χ0v) is 19.4. The summed E-state index contributed by atoms with van der Waals surface area (Å²) in [7, 11) is 1.73. The molecular formula is C24H25FN8O. The fraction of sp³-hybridized carbons (Fsp3) is 0.333. The molecule has 10 heteroatoms. The smallest absolute Gasteiger partial charge is 0.244 e. The number of hydrogen-bond acceptors (Lipinski definition) is 7. The summed E-state index contributed by atoms with van der Waals surface area (Å²) in [5.74, 6) is -0.436. The molecule has 34 heavy (non-hydrogen) atoms. The Kier molecular flexibility index (Phi) is 5.21. The molecule has 0 spiro atoms. The number of nitriles is 1. The van der Waals surface area contributed by atoms with Gasteiger partial charge in [-0.25, -0.2) is 4.39 Å². The number of piperazine rings is 1. The second-order valence-electron chi connectivity index (χ2n) is 8.98. The van der Waals surface area contributed by atoms with E-state index in [1.165, 1.54) is 17.7 Å². The van der Waals surface area contributed by atoms with Crippen LogP contribution in [0.5, 0.6) is 0 Å². The molecule has 0 radical (unpaired) electrons. The van der Waals surface area contributed by atoms with Crippen LogP contribution in [0.3, 0.4) is 0 Å². The van der Waals surface area contributed by atoms with Gasteiger partial charge in [0.2, 0.25) is 5.91 Å². The van der Waals surface area contributed by atoms with E-state index in [-0.39, 0.29) is 23.5 Å². The van der Waals surface area contributed by atoms with Gasteiger partial charge in [0.1, 0.15) is 11.6 Å². The number of aryl methyl sites for hydroxylation is 1. The van der Waals surface area contributed by atoms with E-state index in [1.54, 1.807) is 24.0 Å². The zero-order valence-electron chi connectivity index (χ0n) is 19.4. The highest BCUT2D eigenvalue weighted by Crippen LogP contribution is 2.34. The van der Waals surface area contributed by atoms with Gasteiger partial charge in [0.05, 0.1) is 16.5 Å². The van der Waals surface area contributed by atoms with E-state index in [0.717, 1.165) is 18.8 Å². The highest BCUT2D eigenvalue weighted by atomic mass is 19.1. The summed E-state index contributed by atoms with van der Waals surface area (Å²) in [5.41, 5.74) is 2.51. The fourth-order valence-corrected chi connectivity index (χ4v) is 4.79. The molecule has 0 amide bonds. The quantitative estimate of drug-likeness (QED) is 0.482. The van der Waals surface area contributed by atoms with E-state index in [4.69, 9.17) is 0 Å². The first kappa shape index (κ1) is 21.9.